The van der Waals surface area contributed by atoms with Gasteiger partial charge in [0.1, 0.15) is 12.2 Å². The first-order chi connectivity index (χ1) is 17.1. The second-order valence-corrected chi connectivity index (χ2v) is 11.9. The number of carbonyl (C=O) groups is 2. The van der Waals surface area contributed by atoms with E-state index in [1.165, 1.54) is 11.1 Å². The normalized spacial score (nSPS) is 32.3. The van der Waals surface area contributed by atoms with E-state index >= 15 is 0 Å². The Labute approximate surface area is 216 Å². The predicted molar refractivity (Wildman–Crippen MR) is 140 cm³/mol. The lowest BCUT2D eigenvalue weighted by molar-refractivity contribution is -0.166. The summed E-state index contributed by atoms with van der Waals surface area (Å²) in [6.45, 7) is 8.39. The summed E-state index contributed by atoms with van der Waals surface area (Å²) in [6.07, 6.45) is 10.3. The minimum absolute atomic E-state index is 0.0878. The average molecular weight is 495 g/mol. The number of allylic oxidation sites excluding steroid dienone is 3. The van der Waals surface area contributed by atoms with E-state index in [1.807, 2.05) is 32.0 Å². The number of fused-ring (bicyclic) bond motifs is 1. The van der Waals surface area contributed by atoms with E-state index in [0.29, 0.717) is 24.7 Å². The number of aryl methyl sites for hydroxylation is 1. The largest absolute Gasteiger partial charge is 0.462 e. The van der Waals surface area contributed by atoms with Crippen molar-refractivity contribution in [2.75, 3.05) is 0 Å². The lowest BCUT2D eigenvalue weighted by Gasteiger charge is -2.44. The molecule has 0 bridgehead atoms. The van der Waals surface area contributed by atoms with Crippen molar-refractivity contribution in [1.82, 2.24) is 0 Å². The molecule has 7 atom stereocenters. The highest BCUT2D eigenvalue weighted by molar-refractivity contribution is 5.76. The van der Waals surface area contributed by atoms with Crippen LogP contribution < -0.4 is 0 Å². The zero-order valence-corrected chi connectivity index (χ0v) is 22.2. The summed E-state index contributed by atoms with van der Waals surface area (Å²) in [5, 5.41) is 10.0. The van der Waals surface area contributed by atoms with Crippen molar-refractivity contribution in [3.05, 3.63) is 59.7 Å². The number of esters is 2. The number of carbonyl (C=O) groups excluding carboxylic acids is 2. The van der Waals surface area contributed by atoms with Gasteiger partial charge in [0.15, 0.2) is 0 Å². The van der Waals surface area contributed by atoms with Crippen LogP contribution in [0.3, 0.4) is 0 Å². The molecule has 1 N–H and O–H groups in total. The lowest BCUT2D eigenvalue weighted by atomic mass is 9.65. The summed E-state index contributed by atoms with van der Waals surface area (Å²) in [4.78, 5) is 25.3. The van der Waals surface area contributed by atoms with Gasteiger partial charge in [-0.25, -0.2) is 0 Å². The second-order valence-electron chi connectivity index (χ2n) is 11.9. The number of hydrogen-bond donors (Lipinski definition) is 1. The molecule has 196 valence electrons. The van der Waals surface area contributed by atoms with Gasteiger partial charge in [0, 0.05) is 12.3 Å². The van der Waals surface area contributed by atoms with E-state index in [0.717, 1.165) is 25.7 Å². The summed E-state index contributed by atoms with van der Waals surface area (Å²) >= 11 is 0. The fourth-order valence-electron chi connectivity index (χ4n) is 6.14. The highest BCUT2D eigenvalue weighted by atomic mass is 16.6. The third kappa shape index (κ3) is 6.47. The maximum atomic E-state index is 13.5. The molecule has 2 aliphatic carbocycles. The Hall–Kier alpha value is -2.40. The Balaban J connectivity index is 1.45. The van der Waals surface area contributed by atoms with Crippen LogP contribution in [-0.4, -0.2) is 35.4 Å². The molecular formula is C31H42O5. The van der Waals surface area contributed by atoms with Crippen LogP contribution in [-0.2, 0) is 25.5 Å². The highest BCUT2D eigenvalue weighted by Gasteiger charge is 2.43. The Bertz CT molecular complexity index is 978. The molecule has 0 amide bonds. The van der Waals surface area contributed by atoms with Gasteiger partial charge in [-0.05, 0) is 74.8 Å². The number of benzene rings is 1. The number of ether oxygens (including phenoxy) is 2. The van der Waals surface area contributed by atoms with Gasteiger partial charge in [-0.15, -0.1) is 0 Å². The van der Waals surface area contributed by atoms with Crippen molar-refractivity contribution in [3.8, 4) is 0 Å². The minimum Gasteiger partial charge on any atom is -0.462 e. The van der Waals surface area contributed by atoms with Crippen LogP contribution in [0.25, 0.3) is 0 Å². The monoisotopic (exact) mass is 494 g/mol. The molecule has 36 heavy (non-hydrogen) atoms. The lowest BCUT2D eigenvalue weighted by Crippen LogP contribution is -2.43. The SMILES string of the molecule is C[C@H]1C=C2C=C[C@H](C)[C@H](CC[C@@H]3C[C@@H](O)CC(=O)O3)[C@H]2[C@@H](OC(=O)C(C)(C)CCc2ccccc2)C1. The average Bonchev–Trinajstić information content (AvgIpc) is 2.82. The summed E-state index contributed by atoms with van der Waals surface area (Å²) in [6, 6.07) is 10.3. The number of aliphatic hydroxyl groups is 1. The fraction of sp³-hybridized carbons (Fsp3) is 0.613. The number of aliphatic hydroxyl groups excluding tert-OH is 1. The number of cyclic esters (lactones) is 1. The van der Waals surface area contributed by atoms with Crippen LogP contribution in [0.1, 0.15) is 71.8 Å². The number of rotatable bonds is 8. The summed E-state index contributed by atoms with van der Waals surface area (Å²) < 4.78 is 11.9. The zero-order chi connectivity index (χ0) is 25.9. The van der Waals surface area contributed by atoms with Gasteiger partial charge in [0.05, 0.1) is 17.9 Å². The highest BCUT2D eigenvalue weighted by Crippen LogP contribution is 2.45. The minimum atomic E-state index is -0.613. The Morgan fingerprint density at radius 1 is 1.14 bits per heavy atom. The molecule has 4 rings (SSSR count). The molecule has 0 unspecified atom stereocenters. The van der Waals surface area contributed by atoms with E-state index in [1.54, 1.807) is 0 Å². The topological polar surface area (TPSA) is 72.8 Å². The van der Waals surface area contributed by atoms with Gasteiger partial charge in [-0.3, -0.25) is 9.59 Å². The quantitative estimate of drug-likeness (QED) is 0.462. The molecule has 0 radical (unpaired) electrons. The molecule has 1 aromatic carbocycles. The van der Waals surface area contributed by atoms with Crippen molar-refractivity contribution in [2.24, 2.45) is 29.1 Å². The van der Waals surface area contributed by atoms with Crippen molar-refractivity contribution in [3.63, 3.8) is 0 Å². The summed E-state index contributed by atoms with van der Waals surface area (Å²) in [7, 11) is 0. The van der Waals surface area contributed by atoms with E-state index in [2.05, 4.69) is 44.2 Å². The zero-order valence-electron chi connectivity index (χ0n) is 22.2. The molecule has 3 aliphatic rings. The van der Waals surface area contributed by atoms with Crippen molar-refractivity contribution in [2.45, 2.75) is 91.0 Å². The first-order valence-electron chi connectivity index (χ1n) is 13.6. The molecule has 1 fully saturated rings. The molecule has 0 aromatic heterocycles. The van der Waals surface area contributed by atoms with Crippen LogP contribution in [0, 0.1) is 29.1 Å². The molecule has 0 spiro atoms. The first kappa shape index (κ1) is 26.7. The second kappa shape index (κ2) is 11.3. The molecule has 1 aromatic rings. The van der Waals surface area contributed by atoms with Crippen molar-refractivity contribution < 1.29 is 24.2 Å². The van der Waals surface area contributed by atoms with Crippen LogP contribution in [0.4, 0.5) is 0 Å². The fourth-order valence-corrected chi connectivity index (χ4v) is 6.14. The van der Waals surface area contributed by atoms with Crippen LogP contribution in [0.2, 0.25) is 0 Å². The van der Waals surface area contributed by atoms with E-state index in [-0.39, 0.29) is 42.4 Å². The standard InChI is InChI=1S/C31H42O5/c1-20-16-23-11-10-21(2)26(13-12-25-18-24(32)19-28(33)35-25)29(23)27(17-20)36-30(34)31(3,4)15-14-22-8-6-5-7-9-22/h5-11,16,20-21,24-27,29,32H,12-15,17-19H2,1-4H3/t20-,21-,24+,25+,26-,27-,29-/m0/s1. The molecule has 0 saturated carbocycles. The van der Waals surface area contributed by atoms with E-state index < -0.39 is 11.5 Å². The molecule has 1 aliphatic heterocycles. The van der Waals surface area contributed by atoms with Gasteiger partial charge >= 0.3 is 11.9 Å². The third-order valence-corrected chi connectivity index (χ3v) is 8.35. The molecule has 1 heterocycles. The predicted octanol–water partition coefficient (Wildman–Crippen LogP) is 5.81. The van der Waals surface area contributed by atoms with Gasteiger partial charge in [-0.1, -0.05) is 62.4 Å². The number of hydrogen-bond acceptors (Lipinski definition) is 5. The smallest absolute Gasteiger partial charge is 0.311 e. The Morgan fingerprint density at radius 2 is 1.89 bits per heavy atom. The molecular weight excluding hydrogens is 452 g/mol. The van der Waals surface area contributed by atoms with Gasteiger partial charge in [-0.2, -0.15) is 0 Å². The molecule has 1 saturated heterocycles. The van der Waals surface area contributed by atoms with Gasteiger partial charge in [0.2, 0.25) is 0 Å². The van der Waals surface area contributed by atoms with Crippen LogP contribution >= 0.6 is 0 Å². The maximum absolute atomic E-state index is 13.5. The van der Waals surface area contributed by atoms with E-state index in [4.69, 9.17) is 9.47 Å². The maximum Gasteiger partial charge on any atom is 0.311 e. The third-order valence-electron chi connectivity index (χ3n) is 8.35. The Morgan fingerprint density at radius 3 is 2.61 bits per heavy atom. The van der Waals surface area contributed by atoms with Crippen LogP contribution in [0.5, 0.6) is 0 Å². The Kier molecular flexibility index (Phi) is 8.39. The molecule has 5 nitrogen and oxygen atoms in total. The van der Waals surface area contributed by atoms with Gasteiger partial charge < -0.3 is 14.6 Å². The first-order valence-corrected chi connectivity index (χ1v) is 13.6. The van der Waals surface area contributed by atoms with Gasteiger partial charge in [0.25, 0.3) is 0 Å². The summed E-state index contributed by atoms with van der Waals surface area (Å²) in [5.41, 5.74) is 1.92. The van der Waals surface area contributed by atoms with Crippen molar-refractivity contribution >= 4 is 11.9 Å². The van der Waals surface area contributed by atoms with E-state index in [9.17, 15) is 14.7 Å². The van der Waals surface area contributed by atoms with Crippen LogP contribution in [0.15, 0.2) is 54.1 Å². The van der Waals surface area contributed by atoms with Crippen molar-refractivity contribution in [1.29, 1.82) is 0 Å². The molecule has 5 heteroatoms. The summed E-state index contributed by atoms with van der Waals surface area (Å²) in [5.74, 6) is 0.664.